The summed E-state index contributed by atoms with van der Waals surface area (Å²) < 4.78 is 25.7. The highest BCUT2D eigenvalue weighted by atomic mass is 19.1. The summed E-state index contributed by atoms with van der Waals surface area (Å²) in [6.07, 6.45) is 1.45. The quantitative estimate of drug-likeness (QED) is 0.839. The van der Waals surface area contributed by atoms with Crippen molar-refractivity contribution in [1.29, 1.82) is 0 Å². The monoisotopic (exact) mass is 281 g/mol. The molecule has 1 aromatic rings. The highest BCUT2D eigenvalue weighted by Crippen LogP contribution is 2.36. The van der Waals surface area contributed by atoms with Crippen molar-refractivity contribution in [2.24, 2.45) is 0 Å². The first-order valence-corrected chi connectivity index (χ1v) is 6.68. The molecule has 0 atom stereocenters. The molecule has 1 saturated heterocycles. The summed E-state index contributed by atoms with van der Waals surface area (Å²) in [6.45, 7) is 10.8. The van der Waals surface area contributed by atoms with Crippen LogP contribution in [0.3, 0.4) is 0 Å². The molecule has 6 heteroatoms. The van der Waals surface area contributed by atoms with Crippen molar-refractivity contribution in [2.75, 3.05) is 0 Å². The minimum atomic E-state index is -1.14. The van der Waals surface area contributed by atoms with Crippen LogP contribution in [0.2, 0.25) is 0 Å². The summed E-state index contributed by atoms with van der Waals surface area (Å²) in [5.41, 5.74) is -1.70. The van der Waals surface area contributed by atoms with Gasteiger partial charge >= 0.3 is 7.12 Å². The topological polar surface area (TPSA) is 51.6 Å². The Balaban J connectivity index is 2.33. The Morgan fingerprint density at radius 1 is 1.20 bits per heavy atom. The van der Waals surface area contributed by atoms with E-state index in [9.17, 15) is 9.50 Å². The standard InChI is InChI=1S/C14H21BFNO3/c1-12(2,18)9-7-10(16)11(17-8-9)15-19-13(3,4)14(5,6)20-15/h7-8,18H,1-6H3. The third-order valence-electron chi connectivity index (χ3n) is 4.05. The average molecular weight is 281 g/mol. The van der Waals surface area contributed by atoms with Gasteiger partial charge in [0.15, 0.2) is 0 Å². The Kier molecular flexibility index (Phi) is 3.48. The van der Waals surface area contributed by atoms with Gasteiger partial charge in [-0.1, -0.05) is 0 Å². The lowest BCUT2D eigenvalue weighted by Crippen LogP contribution is -2.41. The molecule has 0 aliphatic carbocycles. The van der Waals surface area contributed by atoms with E-state index >= 15 is 0 Å². The van der Waals surface area contributed by atoms with E-state index in [1.165, 1.54) is 12.3 Å². The van der Waals surface area contributed by atoms with E-state index in [0.29, 0.717) is 5.56 Å². The van der Waals surface area contributed by atoms with Crippen LogP contribution in [0.5, 0.6) is 0 Å². The molecule has 0 amide bonds. The third kappa shape index (κ3) is 2.60. The van der Waals surface area contributed by atoms with Gasteiger partial charge in [0, 0.05) is 11.8 Å². The number of aromatic nitrogens is 1. The van der Waals surface area contributed by atoms with Crippen molar-refractivity contribution in [3.63, 3.8) is 0 Å². The normalized spacial score (nSPS) is 21.3. The van der Waals surface area contributed by atoms with E-state index < -0.39 is 29.7 Å². The van der Waals surface area contributed by atoms with Crippen LogP contribution in [0.15, 0.2) is 12.3 Å². The molecule has 2 rings (SSSR count). The number of hydrogen-bond acceptors (Lipinski definition) is 4. The van der Waals surface area contributed by atoms with Gasteiger partial charge in [-0.3, -0.25) is 4.98 Å². The zero-order valence-corrected chi connectivity index (χ0v) is 12.8. The molecule has 1 aliphatic heterocycles. The Hall–Kier alpha value is -0.975. The number of halogens is 1. The Morgan fingerprint density at radius 3 is 2.10 bits per heavy atom. The SMILES string of the molecule is CC(C)(O)c1cnc(B2OC(C)(C)C(C)(C)O2)c(F)c1. The predicted octanol–water partition coefficient (Wildman–Crippen LogP) is 1.75. The second kappa shape index (κ2) is 4.51. The summed E-state index contributed by atoms with van der Waals surface area (Å²) in [6, 6.07) is 1.27. The molecule has 2 heterocycles. The second-order valence-corrected chi connectivity index (χ2v) is 6.74. The number of aliphatic hydroxyl groups is 1. The molecule has 0 spiro atoms. The predicted molar refractivity (Wildman–Crippen MR) is 75.2 cm³/mol. The Morgan fingerprint density at radius 2 is 1.70 bits per heavy atom. The van der Waals surface area contributed by atoms with Crippen LogP contribution in [-0.2, 0) is 14.9 Å². The molecular formula is C14H21BFNO3. The van der Waals surface area contributed by atoms with Crippen molar-refractivity contribution in [3.05, 3.63) is 23.6 Å². The minimum Gasteiger partial charge on any atom is -0.398 e. The number of nitrogens with zero attached hydrogens (tertiary/aromatic N) is 1. The Bertz CT molecular complexity index is 510. The third-order valence-corrected chi connectivity index (χ3v) is 4.05. The van der Waals surface area contributed by atoms with E-state index in [0.717, 1.165) is 0 Å². The molecule has 4 nitrogen and oxygen atoms in total. The van der Waals surface area contributed by atoms with Gasteiger partial charge in [0.2, 0.25) is 0 Å². The first kappa shape index (κ1) is 15.4. The molecule has 1 fully saturated rings. The maximum Gasteiger partial charge on any atom is 0.517 e. The van der Waals surface area contributed by atoms with E-state index in [1.54, 1.807) is 13.8 Å². The lowest BCUT2D eigenvalue weighted by Gasteiger charge is -2.32. The molecule has 0 radical (unpaired) electrons. The van der Waals surface area contributed by atoms with Gasteiger partial charge in [0.25, 0.3) is 0 Å². The molecule has 1 aliphatic rings. The molecule has 0 saturated carbocycles. The van der Waals surface area contributed by atoms with Crippen LogP contribution in [0.4, 0.5) is 4.39 Å². The van der Waals surface area contributed by atoms with Crippen LogP contribution in [0.25, 0.3) is 0 Å². The maximum absolute atomic E-state index is 14.2. The van der Waals surface area contributed by atoms with Crippen LogP contribution in [-0.4, -0.2) is 28.4 Å². The molecule has 1 N–H and O–H groups in total. The van der Waals surface area contributed by atoms with Crippen molar-refractivity contribution in [3.8, 4) is 0 Å². The summed E-state index contributed by atoms with van der Waals surface area (Å²) in [5.74, 6) is -0.539. The highest BCUT2D eigenvalue weighted by Gasteiger charge is 2.53. The lowest BCUT2D eigenvalue weighted by molar-refractivity contribution is 0.00578. The number of pyridine rings is 1. The molecule has 1 aromatic heterocycles. The van der Waals surface area contributed by atoms with Crippen LogP contribution in [0, 0.1) is 5.82 Å². The van der Waals surface area contributed by atoms with Gasteiger partial charge in [-0.05, 0) is 47.6 Å². The van der Waals surface area contributed by atoms with Gasteiger partial charge in [-0.2, -0.15) is 0 Å². The van der Waals surface area contributed by atoms with Crippen molar-refractivity contribution >= 4 is 12.7 Å². The van der Waals surface area contributed by atoms with Crippen molar-refractivity contribution < 1.29 is 18.8 Å². The maximum atomic E-state index is 14.2. The molecular weight excluding hydrogens is 260 g/mol. The van der Waals surface area contributed by atoms with E-state index in [1.807, 2.05) is 27.7 Å². The van der Waals surface area contributed by atoms with Crippen LogP contribution >= 0.6 is 0 Å². The summed E-state index contributed by atoms with van der Waals surface area (Å²) in [4.78, 5) is 4.07. The summed E-state index contributed by atoms with van der Waals surface area (Å²) in [7, 11) is -0.837. The molecule has 0 bridgehead atoms. The number of hydrogen-bond donors (Lipinski definition) is 1. The van der Waals surface area contributed by atoms with Crippen LogP contribution in [0.1, 0.15) is 47.1 Å². The molecule has 20 heavy (non-hydrogen) atoms. The van der Waals surface area contributed by atoms with E-state index in [2.05, 4.69) is 4.98 Å². The van der Waals surface area contributed by atoms with Gasteiger partial charge in [0.05, 0.1) is 16.8 Å². The highest BCUT2D eigenvalue weighted by molar-refractivity contribution is 6.61. The Labute approximate surface area is 119 Å². The first-order valence-electron chi connectivity index (χ1n) is 6.68. The smallest absolute Gasteiger partial charge is 0.398 e. The second-order valence-electron chi connectivity index (χ2n) is 6.74. The zero-order chi connectivity index (χ0) is 15.3. The van der Waals surface area contributed by atoms with Gasteiger partial charge in [-0.25, -0.2) is 4.39 Å². The van der Waals surface area contributed by atoms with E-state index in [-0.39, 0.29) is 5.59 Å². The zero-order valence-electron chi connectivity index (χ0n) is 12.8. The largest absolute Gasteiger partial charge is 0.517 e. The fraction of sp³-hybridized carbons (Fsp3) is 0.643. The first-order chi connectivity index (χ1) is 8.94. The van der Waals surface area contributed by atoms with Crippen molar-refractivity contribution in [2.45, 2.75) is 58.3 Å². The van der Waals surface area contributed by atoms with Crippen LogP contribution < -0.4 is 5.59 Å². The van der Waals surface area contributed by atoms with Gasteiger partial charge < -0.3 is 14.4 Å². The van der Waals surface area contributed by atoms with Gasteiger partial charge in [0.1, 0.15) is 11.4 Å². The summed E-state index contributed by atoms with van der Waals surface area (Å²) >= 11 is 0. The minimum absolute atomic E-state index is 0.108. The van der Waals surface area contributed by atoms with E-state index in [4.69, 9.17) is 9.31 Å². The molecule has 0 aromatic carbocycles. The lowest BCUT2D eigenvalue weighted by atomic mass is 9.83. The average Bonchev–Trinajstić information content (AvgIpc) is 2.46. The molecule has 0 unspecified atom stereocenters. The summed E-state index contributed by atoms with van der Waals surface area (Å²) in [5, 5.41) is 9.87. The fourth-order valence-corrected chi connectivity index (χ4v) is 1.91. The number of rotatable bonds is 2. The fourth-order valence-electron chi connectivity index (χ4n) is 1.91. The van der Waals surface area contributed by atoms with Crippen molar-refractivity contribution in [1.82, 2.24) is 4.98 Å². The molecule has 110 valence electrons. The van der Waals surface area contributed by atoms with Gasteiger partial charge in [-0.15, -0.1) is 0 Å².